The van der Waals surface area contributed by atoms with Crippen LogP contribution in [0.3, 0.4) is 0 Å². The smallest absolute Gasteiger partial charge is 0.234 e. The zero-order chi connectivity index (χ0) is 16.2. The van der Waals surface area contributed by atoms with Crippen molar-refractivity contribution in [3.8, 4) is 0 Å². The van der Waals surface area contributed by atoms with Gasteiger partial charge in [0.15, 0.2) is 9.84 Å². The summed E-state index contributed by atoms with van der Waals surface area (Å²) >= 11 is 12.4. The minimum absolute atomic E-state index is 0.0482. The fraction of sp³-hybridized carbons (Fsp3) is 0.214. The fourth-order valence-corrected chi connectivity index (χ4v) is 4.99. The highest BCUT2D eigenvalue weighted by Crippen LogP contribution is 2.31. The SMILES string of the molecule is O=C(CCl)NC[C@H](c1ccc(Cl)cc1)S(=O)(=O)c1cccs1. The number of hydrogen-bond donors (Lipinski definition) is 1. The number of sulfone groups is 1. The van der Waals surface area contributed by atoms with Crippen molar-refractivity contribution in [1.29, 1.82) is 0 Å². The lowest BCUT2D eigenvalue weighted by atomic mass is 10.1. The van der Waals surface area contributed by atoms with Gasteiger partial charge in [-0.1, -0.05) is 29.8 Å². The minimum atomic E-state index is -3.61. The summed E-state index contributed by atoms with van der Waals surface area (Å²) in [7, 11) is -3.61. The molecule has 0 aliphatic carbocycles. The summed E-state index contributed by atoms with van der Waals surface area (Å²) in [4.78, 5) is 11.4. The number of amides is 1. The fourth-order valence-electron chi connectivity index (χ4n) is 1.90. The first-order chi connectivity index (χ1) is 10.4. The van der Waals surface area contributed by atoms with Crippen molar-refractivity contribution >= 4 is 50.3 Å². The van der Waals surface area contributed by atoms with Gasteiger partial charge in [0.05, 0.1) is 0 Å². The Morgan fingerprint density at radius 1 is 1.23 bits per heavy atom. The molecule has 0 saturated carbocycles. The molecule has 0 unspecified atom stereocenters. The van der Waals surface area contributed by atoms with E-state index in [-0.39, 0.29) is 16.6 Å². The van der Waals surface area contributed by atoms with Crippen LogP contribution in [0, 0.1) is 0 Å². The van der Waals surface area contributed by atoms with E-state index in [9.17, 15) is 13.2 Å². The van der Waals surface area contributed by atoms with Crippen molar-refractivity contribution in [2.24, 2.45) is 0 Å². The van der Waals surface area contributed by atoms with Gasteiger partial charge < -0.3 is 5.32 Å². The van der Waals surface area contributed by atoms with E-state index in [0.29, 0.717) is 10.6 Å². The monoisotopic (exact) mass is 377 g/mol. The number of nitrogens with one attached hydrogen (secondary N) is 1. The minimum Gasteiger partial charge on any atom is -0.353 e. The summed E-state index contributed by atoms with van der Waals surface area (Å²) in [5, 5.41) is 3.85. The summed E-state index contributed by atoms with van der Waals surface area (Å²) in [5.74, 6) is -0.631. The van der Waals surface area contributed by atoms with E-state index in [4.69, 9.17) is 23.2 Å². The van der Waals surface area contributed by atoms with Crippen LogP contribution in [0.1, 0.15) is 10.8 Å². The second-order valence-corrected chi connectivity index (χ2v) is 8.46. The third-order valence-corrected chi connectivity index (χ3v) is 7.02. The first-order valence-electron chi connectivity index (χ1n) is 6.30. The molecule has 0 saturated heterocycles. The van der Waals surface area contributed by atoms with Crippen molar-refractivity contribution in [3.05, 3.63) is 52.4 Å². The van der Waals surface area contributed by atoms with E-state index >= 15 is 0 Å². The molecule has 1 heterocycles. The van der Waals surface area contributed by atoms with Gasteiger partial charge in [-0.05, 0) is 29.1 Å². The van der Waals surface area contributed by atoms with Crippen LogP contribution >= 0.6 is 34.5 Å². The van der Waals surface area contributed by atoms with Gasteiger partial charge in [0.2, 0.25) is 5.91 Å². The molecule has 0 aliphatic heterocycles. The van der Waals surface area contributed by atoms with Crippen LogP contribution in [0.4, 0.5) is 0 Å². The molecule has 1 amide bonds. The maximum atomic E-state index is 12.8. The molecule has 8 heteroatoms. The number of carbonyl (C=O) groups is 1. The van der Waals surface area contributed by atoms with E-state index < -0.39 is 21.0 Å². The van der Waals surface area contributed by atoms with Gasteiger partial charge in [-0.15, -0.1) is 22.9 Å². The number of thiophene rings is 1. The van der Waals surface area contributed by atoms with Crippen molar-refractivity contribution in [3.63, 3.8) is 0 Å². The van der Waals surface area contributed by atoms with Crippen LogP contribution in [0.25, 0.3) is 0 Å². The zero-order valence-corrected chi connectivity index (χ0v) is 14.5. The maximum absolute atomic E-state index is 12.8. The third-order valence-electron chi connectivity index (χ3n) is 3.00. The molecule has 0 fully saturated rings. The lowest BCUT2D eigenvalue weighted by Crippen LogP contribution is -2.32. The predicted molar refractivity (Wildman–Crippen MR) is 89.4 cm³/mol. The molecule has 2 rings (SSSR count). The molecular weight excluding hydrogens is 365 g/mol. The topological polar surface area (TPSA) is 63.2 Å². The van der Waals surface area contributed by atoms with E-state index in [0.717, 1.165) is 11.3 Å². The Labute approximate surface area is 143 Å². The molecule has 0 spiro atoms. The molecule has 118 valence electrons. The molecular formula is C14H13Cl2NO3S2. The first kappa shape index (κ1) is 17.3. The predicted octanol–water partition coefficient (Wildman–Crippen LogP) is 3.27. The van der Waals surface area contributed by atoms with E-state index in [1.165, 1.54) is 0 Å². The van der Waals surface area contributed by atoms with Crippen molar-refractivity contribution in [2.45, 2.75) is 9.46 Å². The zero-order valence-electron chi connectivity index (χ0n) is 11.3. The molecule has 0 radical (unpaired) electrons. The van der Waals surface area contributed by atoms with Crippen molar-refractivity contribution in [1.82, 2.24) is 5.32 Å². The van der Waals surface area contributed by atoms with Crippen LogP contribution < -0.4 is 5.32 Å². The average Bonchev–Trinajstić information content (AvgIpc) is 3.04. The van der Waals surface area contributed by atoms with E-state index in [1.807, 2.05) is 0 Å². The van der Waals surface area contributed by atoms with Crippen LogP contribution in [-0.4, -0.2) is 26.7 Å². The third kappa shape index (κ3) is 4.01. The van der Waals surface area contributed by atoms with Gasteiger partial charge in [-0.3, -0.25) is 4.79 Å². The Hall–Kier alpha value is -1.08. The molecule has 0 bridgehead atoms. The summed E-state index contributed by atoms with van der Waals surface area (Å²) in [5.41, 5.74) is 0.563. The molecule has 0 aliphatic rings. The van der Waals surface area contributed by atoms with Gasteiger partial charge in [-0.2, -0.15) is 0 Å². The normalized spacial score (nSPS) is 12.8. The number of carbonyl (C=O) groups excluding carboxylic acids is 1. The average molecular weight is 378 g/mol. The standard InChI is InChI=1S/C14H13Cl2NO3S2/c15-8-13(18)17-9-12(10-3-5-11(16)6-4-10)22(19,20)14-2-1-7-21-14/h1-7,12H,8-9H2,(H,17,18)/t12-/m1/s1. The van der Waals surface area contributed by atoms with Gasteiger partial charge >= 0.3 is 0 Å². The van der Waals surface area contributed by atoms with Gasteiger partial charge in [0.25, 0.3) is 0 Å². The second kappa shape index (κ2) is 7.46. The summed E-state index contributed by atoms with van der Waals surface area (Å²) in [6, 6.07) is 9.75. The Kier molecular flexibility index (Phi) is 5.86. The molecule has 2 aromatic rings. The summed E-state index contributed by atoms with van der Waals surface area (Å²) in [6.45, 7) is -0.0482. The van der Waals surface area contributed by atoms with Crippen LogP contribution in [-0.2, 0) is 14.6 Å². The van der Waals surface area contributed by atoms with Gasteiger partial charge in [-0.25, -0.2) is 8.42 Å². The largest absolute Gasteiger partial charge is 0.353 e. The van der Waals surface area contributed by atoms with Crippen LogP contribution in [0.15, 0.2) is 46.0 Å². The van der Waals surface area contributed by atoms with E-state index in [1.54, 1.807) is 41.8 Å². The number of alkyl halides is 1. The van der Waals surface area contributed by atoms with Crippen molar-refractivity contribution in [2.75, 3.05) is 12.4 Å². The van der Waals surface area contributed by atoms with Gasteiger partial charge in [0.1, 0.15) is 15.3 Å². The Bertz CT molecular complexity index is 728. The highest BCUT2D eigenvalue weighted by atomic mass is 35.5. The first-order valence-corrected chi connectivity index (χ1v) is 9.64. The molecule has 4 nitrogen and oxygen atoms in total. The second-order valence-electron chi connectivity index (χ2n) is 4.45. The highest BCUT2D eigenvalue weighted by molar-refractivity contribution is 7.93. The lowest BCUT2D eigenvalue weighted by molar-refractivity contribution is -0.118. The molecule has 1 aromatic heterocycles. The molecule has 22 heavy (non-hydrogen) atoms. The van der Waals surface area contributed by atoms with Crippen molar-refractivity contribution < 1.29 is 13.2 Å². The van der Waals surface area contributed by atoms with E-state index in [2.05, 4.69) is 5.32 Å². The van der Waals surface area contributed by atoms with Gasteiger partial charge in [0, 0.05) is 11.6 Å². The number of halogens is 2. The Morgan fingerprint density at radius 3 is 2.45 bits per heavy atom. The highest BCUT2D eigenvalue weighted by Gasteiger charge is 2.30. The lowest BCUT2D eigenvalue weighted by Gasteiger charge is -2.18. The Balaban J connectivity index is 2.37. The summed E-state index contributed by atoms with van der Waals surface area (Å²) in [6.07, 6.45) is 0. The molecule has 1 aromatic carbocycles. The number of rotatable bonds is 6. The summed E-state index contributed by atoms with van der Waals surface area (Å²) < 4.78 is 25.8. The van der Waals surface area contributed by atoms with Crippen LogP contribution in [0.2, 0.25) is 5.02 Å². The molecule has 1 N–H and O–H groups in total. The maximum Gasteiger partial charge on any atom is 0.234 e. The molecule has 1 atom stereocenters. The quantitative estimate of drug-likeness (QED) is 0.785. The number of benzene rings is 1. The van der Waals surface area contributed by atoms with Crippen LogP contribution in [0.5, 0.6) is 0 Å². The Morgan fingerprint density at radius 2 is 1.91 bits per heavy atom. The number of hydrogen-bond acceptors (Lipinski definition) is 4.